The van der Waals surface area contributed by atoms with Crippen molar-refractivity contribution in [2.24, 2.45) is 0 Å². The summed E-state index contributed by atoms with van der Waals surface area (Å²) in [5.74, 6) is 4.60. The van der Waals surface area contributed by atoms with Crippen molar-refractivity contribution in [1.82, 2.24) is 0 Å². The van der Waals surface area contributed by atoms with Crippen molar-refractivity contribution in [2.45, 2.75) is 0 Å². The van der Waals surface area contributed by atoms with Crippen LogP contribution in [-0.4, -0.2) is 23.0 Å². The van der Waals surface area contributed by atoms with E-state index in [0.29, 0.717) is 0 Å². The minimum absolute atomic E-state index is 1.13. The summed E-state index contributed by atoms with van der Waals surface area (Å²) in [6, 6.07) is 0. The van der Waals surface area contributed by atoms with Crippen LogP contribution in [0.3, 0.4) is 0 Å². The monoisotopic (exact) mass is 234 g/mol. The van der Waals surface area contributed by atoms with Crippen molar-refractivity contribution in [3.8, 4) is 10.5 Å². The number of thioether (sulfide) groups is 4. The van der Waals surface area contributed by atoms with Crippen LogP contribution in [0.25, 0.3) is 0 Å². The normalized spacial score (nSPS) is 22.7. The zero-order chi connectivity index (χ0) is 8.49. The molecule has 0 fully saturated rings. The molecule has 0 spiro atoms. The molecule has 1 aliphatic rings. The van der Waals surface area contributed by atoms with Crippen LogP contribution in [0.2, 0.25) is 0 Å². The Morgan fingerprint density at radius 3 is 1.75 bits per heavy atom. The molecule has 0 atom stereocenters. The second-order valence-corrected chi connectivity index (χ2v) is 5.74. The maximum absolute atomic E-state index is 3.09. The van der Waals surface area contributed by atoms with E-state index in [4.69, 9.17) is 0 Å². The lowest BCUT2D eigenvalue weighted by Crippen LogP contribution is -1.81. The second kappa shape index (κ2) is 8.31. The molecule has 1 aliphatic heterocycles. The van der Waals surface area contributed by atoms with Crippen molar-refractivity contribution < 1.29 is 0 Å². The minimum Gasteiger partial charge on any atom is -0.133 e. The molecular formula is C8H10S4. The van der Waals surface area contributed by atoms with Gasteiger partial charge < -0.3 is 0 Å². The highest BCUT2D eigenvalue weighted by atomic mass is 32.2. The average molecular weight is 234 g/mol. The lowest BCUT2D eigenvalue weighted by molar-refractivity contribution is 1.57. The van der Waals surface area contributed by atoms with E-state index in [1.807, 2.05) is 23.5 Å². The Hall–Kier alpha value is 0.700. The first-order valence-corrected chi connectivity index (χ1v) is 7.69. The van der Waals surface area contributed by atoms with Gasteiger partial charge in [0.05, 0.1) is 0 Å². The molecule has 0 saturated carbocycles. The van der Waals surface area contributed by atoms with E-state index in [0.717, 1.165) is 11.5 Å². The molecule has 0 aromatic heterocycles. The predicted molar refractivity (Wildman–Crippen MR) is 66.7 cm³/mol. The summed E-state index contributed by atoms with van der Waals surface area (Å²) in [5, 5.41) is 10.5. The highest BCUT2D eigenvalue weighted by Crippen LogP contribution is 2.14. The van der Waals surface area contributed by atoms with Crippen molar-refractivity contribution in [3.63, 3.8) is 0 Å². The fraction of sp³-hybridized carbons (Fsp3) is 0.500. The molecule has 0 amide bonds. The molecule has 66 valence electrons. The van der Waals surface area contributed by atoms with Gasteiger partial charge in [-0.2, -0.15) is 0 Å². The maximum atomic E-state index is 3.09. The molecule has 4 heteroatoms. The van der Waals surface area contributed by atoms with Crippen LogP contribution < -0.4 is 0 Å². The third-order valence-corrected chi connectivity index (χ3v) is 4.70. The Balaban J connectivity index is 2.22. The first-order chi connectivity index (χ1) is 6.00. The summed E-state index contributed by atoms with van der Waals surface area (Å²) in [7, 11) is 0. The third kappa shape index (κ3) is 6.24. The largest absolute Gasteiger partial charge is 0.133 e. The molecule has 0 radical (unpaired) electrons. The standard InChI is InChI=1S/C8H10S4/c1-2-10-5-6-12-8-7-11-4-3-9-1/h1-2H,3-6H2/b2-1-. The van der Waals surface area contributed by atoms with Crippen LogP contribution in [0.5, 0.6) is 0 Å². The second-order valence-electron chi connectivity index (χ2n) is 1.91. The van der Waals surface area contributed by atoms with Gasteiger partial charge in [-0.1, -0.05) is 23.5 Å². The minimum atomic E-state index is 1.13. The fourth-order valence-electron chi connectivity index (χ4n) is 0.555. The Kier molecular flexibility index (Phi) is 7.46. The maximum Gasteiger partial charge on any atom is 0.0151 e. The van der Waals surface area contributed by atoms with Crippen molar-refractivity contribution in [3.05, 3.63) is 10.8 Å². The molecular weight excluding hydrogens is 224 g/mol. The Morgan fingerprint density at radius 2 is 1.25 bits per heavy atom. The summed E-state index contributed by atoms with van der Waals surface area (Å²) in [5.41, 5.74) is 0. The van der Waals surface area contributed by atoms with Crippen LogP contribution >= 0.6 is 47.0 Å². The van der Waals surface area contributed by atoms with Gasteiger partial charge in [0.25, 0.3) is 0 Å². The van der Waals surface area contributed by atoms with E-state index in [2.05, 4.69) is 21.3 Å². The van der Waals surface area contributed by atoms with Gasteiger partial charge in [-0.15, -0.1) is 23.5 Å². The predicted octanol–water partition coefficient (Wildman–Crippen LogP) is 3.32. The van der Waals surface area contributed by atoms with Crippen molar-refractivity contribution >= 4 is 47.0 Å². The van der Waals surface area contributed by atoms with Crippen LogP contribution in [0, 0.1) is 10.5 Å². The zero-order valence-corrected chi connectivity index (χ0v) is 9.88. The van der Waals surface area contributed by atoms with Gasteiger partial charge in [-0.3, -0.25) is 0 Å². The van der Waals surface area contributed by atoms with Crippen LogP contribution in [0.1, 0.15) is 0 Å². The van der Waals surface area contributed by atoms with Gasteiger partial charge in [0.1, 0.15) is 0 Å². The van der Waals surface area contributed by atoms with E-state index < -0.39 is 0 Å². The van der Waals surface area contributed by atoms with Crippen LogP contribution in [-0.2, 0) is 0 Å². The van der Waals surface area contributed by atoms with Crippen molar-refractivity contribution in [2.75, 3.05) is 23.0 Å². The molecule has 0 aliphatic carbocycles. The Bertz CT molecular complexity index is 171. The van der Waals surface area contributed by atoms with Gasteiger partial charge >= 0.3 is 0 Å². The number of rotatable bonds is 0. The van der Waals surface area contributed by atoms with Gasteiger partial charge in [0.15, 0.2) is 0 Å². The van der Waals surface area contributed by atoms with Crippen LogP contribution in [0.4, 0.5) is 0 Å². The molecule has 12 heavy (non-hydrogen) atoms. The summed E-state index contributed by atoms with van der Waals surface area (Å²) >= 11 is 7.19. The first-order valence-electron chi connectivity index (χ1n) is 3.62. The van der Waals surface area contributed by atoms with E-state index in [1.165, 1.54) is 11.5 Å². The summed E-state index contributed by atoms with van der Waals surface area (Å²) in [4.78, 5) is 0. The third-order valence-electron chi connectivity index (χ3n) is 1.04. The lowest BCUT2D eigenvalue weighted by atomic mass is 11.0. The summed E-state index contributed by atoms with van der Waals surface area (Å²) in [6.45, 7) is 0. The Morgan fingerprint density at radius 1 is 0.750 bits per heavy atom. The fourth-order valence-corrected chi connectivity index (χ4v) is 3.57. The van der Waals surface area contributed by atoms with E-state index in [1.54, 1.807) is 23.5 Å². The first kappa shape index (κ1) is 10.8. The van der Waals surface area contributed by atoms with Crippen molar-refractivity contribution in [1.29, 1.82) is 0 Å². The molecule has 1 rings (SSSR count). The Labute approximate surface area is 91.1 Å². The van der Waals surface area contributed by atoms with Gasteiger partial charge in [0.2, 0.25) is 0 Å². The molecule has 0 N–H and O–H groups in total. The van der Waals surface area contributed by atoms with E-state index in [9.17, 15) is 0 Å². The summed E-state index contributed by atoms with van der Waals surface area (Å²) < 4.78 is 0. The SMILES string of the molecule is C1#CSCCS/C=C\SCCS1. The summed E-state index contributed by atoms with van der Waals surface area (Å²) in [6.07, 6.45) is 0. The molecule has 0 aromatic carbocycles. The number of hydrogen-bond acceptors (Lipinski definition) is 4. The molecule has 0 saturated heterocycles. The molecule has 0 bridgehead atoms. The highest BCUT2D eigenvalue weighted by Gasteiger charge is 1.88. The smallest absolute Gasteiger partial charge is 0.0151 e. The van der Waals surface area contributed by atoms with E-state index in [-0.39, 0.29) is 0 Å². The molecule has 0 aromatic rings. The molecule has 1 heterocycles. The van der Waals surface area contributed by atoms with E-state index >= 15 is 0 Å². The molecule has 0 nitrogen and oxygen atoms in total. The van der Waals surface area contributed by atoms with Gasteiger partial charge in [-0.05, 0) is 21.3 Å². The topological polar surface area (TPSA) is 0 Å². The molecule has 0 unspecified atom stereocenters. The van der Waals surface area contributed by atoms with Gasteiger partial charge in [-0.25, -0.2) is 0 Å². The quantitative estimate of drug-likeness (QED) is 0.589. The van der Waals surface area contributed by atoms with Crippen LogP contribution in [0.15, 0.2) is 10.8 Å². The van der Waals surface area contributed by atoms with Gasteiger partial charge in [0, 0.05) is 23.0 Å². The lowest BCUT2D eigenvalue weighted by Gasteiger charge is -1.94. The number of hydrogen-bond donors (Lipinski definition) is 0. The zero-order valence-electron chi connectivity index (χ0n) is 6.62. The highest BCUT2D eigenvalue weighted by molar-refractivity contribution is 8.10. The average Bonchev–Trinajstić information content (AvgIpc) is 2.05.